The molecule has 2 aromatic heterocycles. The second-order valence-corrected chi connectivity index (χ2v) is 7.31. The van der Waals surface area contributed by atoms with Crippen LogP contribution in [0, 0.1) is 0 Å². The van der Waals surface area contributed by atoms with E-state index in [0.29, 0.717) is 11.1 Å². The highest BCUT2D eigenvalue weighted by Crippen LogP contribution is 2.27. The maximum absolute atomic E-state index is 12.4. The SMILES string of the molecule is O=S(=O)(NCc1cccnc1)c1cccc(C=Cc2noc(C(F)(F)F)n2)c1. The fourth-order valence-electron chi connectivity index (χ4n) is 2.14. The lowest BCUT2D eigenvalue weighted by molar-refractivity contribution is -0.159. The van der Waals surface area contributed by atoms with E-state index in [1.54, 1.807) is 30.6 Å². The summed E-state index contributed by atoms with van der Waals surface area (Å²) in [7, 11) is -3.79. The lowest BCUT2D eigenvalue weighted by Gasteiger charge is -2.07. The van der Waals surface area contributed by atoms with Gasteiger partial charge in [0.2, 0.25) is 10.0 Å². The van der Waals surface area contributed by atoms with Crippen molar-refractivity contribution in [2.75, 3.05) is 0 Å². The van der Waals surface area contributed by atoms with Crippen LogP contribution in [0.2, 0.25) is 0 Å². The molecule has 2 heterocycles. The van der Waals surface area contributed by atoms with Crippen molar-refractivity contribution in [1.82, 2.24) is 19.8 Å². The molecule has 146 valence electrons. The zero-order valence-electron chi connectivity index (χ0n) is 14.1. The van der Waals surface area contributed by atoms with Gasteiger partial charge >= 0.3 is 12.1 Å². The molecule has 3 aromatic rings. The Hall–Kier alpha value is -3.05. The van der Waals surface area contributed by atoms with Gasteiger partial charge in [0.25, 0.3) is 0 Å². The van der Waals surface area contributed by atoms with Gasteiger partial charge in [-0.15, -0.1) is 0 Å². The summed E-state index contributed by atoms with van der Waals surface area (Å²) in [6.45, 7) is 0.0688. The molecule has 0 bridgehead atoms. The predicted molar refractivity (Wildman–Crippen MR) is 92.9 cm³/mol. The molecular formula is C17H13F3N4O3S. The standard InChI is InChI=1S/C17H13F3N4O3S/c18-17(19,20)16-23-15(24-27-16)7-6-12-3-1-5-14(9-12)28(25,26)22-11-13-4-2-8-21-10-13/h1-10,22H,11H2. The molecule has 1 aromatic carbocycles. The summed E-state index contributed by atoms with van der Waals surface area (Å²) in [5.41, 5.74) is 1.13. The molecule has 3 rings (SSSR count). The molecule has 0 saturated carbocycles. The fourth-order valence-corrected chi connectivity index (χ4v) is 3.21. The van der Waals surface area contributed by atoms with Crippen molar-refractivity contribution in [2.45, 2.75) is 17.6 Å². The van der Waals surface area contributed by atoms with Crippen LogP contribution in [0.15, 0.2) is 58.2 Å². The minimum Gasteiger partial charge on any atom is -0.329 e. The van der Waals surface area contributed by atoms with Gasteiger partial charge in [-0.25, -0.2) is 13.1 Å². The van der Waals surface area contributed by atoms with E-state index in [2.05, 4.69) is 24.4 Å². The van der Waals surface area contributed by atoms with Crippen molar-refractivity contribution in [3.63, 3.8) is 0 Å². The summed E-state index contributed by atoms with van der Waals surface area (Å²) in [6.07, 6.45) is 0.961. The molecule has 0 saturated heterocycles. The number of hydrogen-bond acceptors (Lipinski definition) is 6. The van der Waals surface area contributed by atoms with Crippen LogP contribution in [0.3, 0.4) is 0 Å². The van der Waals surface area contributed by atoms with E-state index in [1.165, 1.54) is 30.4 Å². The lowest BCUT2D eigenvalue weighted by Crippen LogP contribution is -2.23. The summed E-state index contributed by atoms with van der Waals surface area (Å²) in [4.78, 5) is 7.12. The quantitative estimate of drug-likeness (QED) is 0.671. The Morgan fingerprint density at radius 1 is 1.14 bits per heavy atom. The van der Waals surface area contributed by atoms with Crippen molar-refractivity contribution in [3.05, 3.63) is 71.6 Å². The van der Waals surface area contributed by atoms with Gasteiger partial charge in [0.05, 0.1) is 4.90 Å². The number of alkyl halides is 3. The number of rotatable bonds is 6. The van der Waals surface area contributed by atoms with Crippen molar-refractivity contribution in [2.24, 2.45) is 0 Å². The highest BCUT2D eigenvalue weighted by atomic mass is 32.2. The molecule has 0 unspecified atom stereocenters. The number of nitrogens with one attached hydrogen (secondary N) is 1. The van der Waals surface area contributed by atoms with E-state index >= 15 is 0 Å². The van der Waals surface area contributed by atoms with E-state index in [0.717, 1.165) is 0 Å². The second-order valence-electron chi connectivity index (χ2n) is 5.55. The largest absolute Gasteiger partial charge is 0.471 e. The van der Waals surface area contributed by atoms with Gasteiger partial charge in [-0.05, 0) is 35.4 Å². The lowest BCUT2D eigenvalue weighted by atomic mass is 10.2. The Morgan fingerprint density at radius 2 is 1.96 bits per heavy atom. The third-order valence-electron chi connectivity index (χ3n) is 3.47. The van der Waals surface area contributed by atoms with Gasteiger partial charge in [0.1, 0.15) is 0 Å². The zero-order chi connectivity index (χ0) is 20.2. The maximum atomic E-state index is 12.4. The molecule has 0 aliphatic heterocycles. The van der Waals surface area contributed by atoms with Crippen LogP contribution < -0.4 is 4.72 Å². The number of hydrogen-bond donors (Lipinski definition) is 1. The Labute approximate surface area is 158 Å². The number of halogens is 3. The Balaban J connectivity index is 1.73. The van der Waals surface area contributed by atoms with Crippen molar-refractivity contribution < 1.29 is 26.1 Å². The van der Waals surface area contributed by atoms with E-state index in [9.17, 15) is 21.6 Å². The average molecular weight is 410 g/mol. The molecule has 0 atom stereocenters. The molecule has 0 aliphatic carbocycles. The average Bonchev–Trinajstić information content (AvgIpc) is 3.16. The number of benzene rings is 1. The van der Waals surface area contributed by atoms with Crippen LogP contribution in [0.5, 0.6) is 0 Å². The highest BCUT2D eigenvalue weighted by Gasteiger charge is 2.38. The normalized spacial score (nSPS) is 12.5. The van der Waals surface area contributed by atoms with Gasteiger partial charge < -0.3 is 4.52 Å². The zero-order valence-corrected chi connectivity index (χ0v) is 14.9. The Bertz CT molecular complexity index is 1080. The molecule has 0 fully saturated rings. The van der Waals surface area contributed by atoms with E-state index in [4.69, 9.17) is 0 Å². The van der Waals surface area contributed by atoms with E-state index < -0.39 is 22.1 Å². The maximum Gasteiger partial charge on any atom is 0.471 e. The van der Waals surface area contributed by atoms with E-state index in [-0.39, 0.29) is 17.3 Å². The third kappa shape index (κ3) is 5.02. The van der Waals surface area contributed by atoms with Crippen LogP contribution in [-0.2, 0) is 22.7 Å². The molecular weight excluding hydrogens is 397 g/mol. The minimum absolute atomic E-state index is 0.00244. The van der Waals surface area contributed by atoms with Crippen LogP contribution in [-0.4, -0.2) is 23.5 Å². The number of sulfonamides is 1. The molecule has 11 heteroatoms. The molecule has 0 radical (unpaired) electrons. The molecule has 0 aliphatic rings. The van der Waals surface area contributed by atoms with Crippen LogP contribution >= 0.6 is 0 Å². The monoisotopic (exact) mass is 410 g/mol. The summed E-state index contributed by atoms with van der Waals surface area (Å²) in [6, 6.07) is 9.29. The van der Waals surface area contributed by atoms with Crippen LogP contribution in [0.1, 0.15) is 22.8 Å². The van der Waals surface area contributed by atoms with Gasteiger partial charge in [-0.1, -0.05) is 29.4 Å². The molecule has 0 spiro atoms. The Morgan fingerprint density at radius 3 is 2.64 bits per heavy atom. The highest BCUT2D eigenvalue weighted by molar-refractivity contribution is 7.89. The third-order valence-corrected chi connectivity index (χ3v) is 4.87. The van der Waals surface area contributed by atoms with Gasteiger partial charge in [-0.3, -0.25) is 4.98 Å². The van der Waals surface area contributed by atoms with Gasteiger partial charge in [-0.2, -0.15) is 18.2 Å². The second kappa shape index (κ2) is 7.90. The molecule has 0 amide bonds. The van der Waals surface area contributed by atoms with Crippen LogP contribution in [0.25, 0.3) is 12.2 Å². The summed E-state index contributed by atoms with van der Waals surface area (Å²) < 4.78 is 68.8. The smallest absolute Gasteiger partial charge is 0.329 e. The van der Waals surface area contributed by atoms with Crippen LogP contribution in [0.4, 0.5) is 13.2 Å². The summed E-state index contributed by atoms with van der Waals surface area (Å²) >= 11 is 0. The topological polar surface area (TPSA) is 98.0 Å². The first kappa shape index (κ1) is 19.7. The number of pyridine rings is 1. The fraction of sp³-hybridized carbons (Fsp3) is 0.118. The molecule has 7 nitrogen and oxygen atoms in total. The Kier molecular flexibility index (Phi) is 5.56. The first-order valence-electron chi connectivity index (χ1n) is 7.82. The first-order chi connectivity index (χ1) is 13.2. The van der Waals surface area contributed by atoms with Gasteiger partial charge in [0, 0.05) is 18.9 Å². The first-order valence-corrected chi connectivity index (χ1v) is 9.30. The summed E-state index contributed by atoms with van der Waals surface area (Å²) in [5.74, 6) is -1.74. The molecule has 28 heavy (non-hydrogen) atoms. The van der Waals surface area contributed by atoms with Crippen molar-refractivity contribution >= 4 is 22.2 Å². The number of nitrogens with zero attached hydrogens (tertiary/aromatic N) is 3. The number of aromatic nitrogens is 3. The van der Waals surface area contributed by atoms with Gasteiger partial charge in [0.15, 0.2) is 5.82 Å². The van der Waals surface area contributed by atoms with Crippen molar-refractivity contribution in [1.29, 1.82) is 0 Å². The molecule has 1 N–H and O–H groups in total. The predicted octanol–water partition coefficient (Wildman–Crippen LogP) is 3.13. The van der Waals surface area contributed by atoms with Crippen molar-refractivity contribution in [3.8, 4) is 0 Å². The van der Waals surface area contributed by atoms with E-state index in [1.807, 2.05) is 0 Å². The minimum atomic E-state index is -4.73. The summed E-state index contributed by atoms with van der Waals surface area (Å²) in [5, 5.41) is 3.20.